The number of rotatable bonds is 5. The second-order valence-corrected chi connectivity index (χ2v) is 14.3. The van der Waals surface area contributed by atoms with E-state index in [0.29, 0.717) is 35.9 Å². The minimum Gasteiger partial charge on any atom is -0.390 e. The predicted octanol–water partition coefficient (Wildman–Crippen LogP) is 6.71. The molecule has 0 heterocycles. The first kappa shape index (κ1) is 25.4. The van der Waals surface area contributed by atoms with Gasteiger partial charge in [0, 0.05) is 11.8 Å². The van der Waals surface area contributed by atoms with Gasteiger partial charge >= 0.3 is 0 Å². The molecule has 0 spiro atoms. The van der Waals surface area contributed by atoms with Crippen molar-refractivity contribution in [1.29, 1.82) is 0 Å². The van der Waals surface area contributed by atoms with Crippen LogP contribution in [-0.4, -0.2) is 27.7 Å². The number of hydrogen-bond acceptors (Lipinski definition) is 3. The molecule has 0 radical (unpaired) electrons. The van der Waals surface area contributed by atoms with E-state index in [1.54, 1.807) is 19.4 Å². The molecule has 3 saturated carbocycles. The quantitative estimate of drug-likeness (QED) is 0.450. The van der Waals surface area contributed by atoms with E-state index >= 15 is 0 Å². The zero-order valence-electron chi connectivity index (χ0n) is 22.6. The van der Waals surface area contributed by atoms with Gasteiger partial charge in [0.2, 0.25) is 0 Å². The van der Waals surface area contributed by atoms with Crippen LogP contribution in [0.2, 0.25) is 0 Å². The summed E-state index contributed by atoms with van der Waals surface area (Å²) in [4.78, 5) is 12.8. The Kier molecular flexibility index (Phi) is 6.10. The highest BCUT2D eigenvalue weighted by Gasteiger charge is 2.65. The first-order chi connectivity index (χ1) is 15.1. The topological polar surface area (TPSA) is 57.5 Å². The number of fused-ring (bicyclic) bond motifs is 5. The smallest absolute Gasteiger partial charge is 0.138 e. The number of carbonyl (C=O) groups excluding carboxylic acids is 1. The number of allylic oxidation sites excluding steroid dienone is 2. The van der Waals surface area contributed by atoms with Crippen LogP contribution >= 0.6 is 0 Å². The highest BCUT2D eigenvalue weighted by Crippen LogP contribution is 2.73. The van der Waals surface area contributed by atoms with Crippen LogP contribution in [0.15, 0.2) is 11.6 Å². The van der Waals surface area contributed by atoms with Gasteiger partial charge < -0.3 is 10.2 Å². The molecule has 0 unspecified atom stereocenters. The van der Waals surface area contributed by atoms with Gasteiger partial charge in [0.1, 0.15) is 5.78 Å². The first-order valence-electron chi connectivity index (χ1n) is 13.7. The van der Waals surface area contributed by atoms with Crippen molar-refractivity contribution in [2.45, 2.75) is 125 Å². The summed E-state index contributed by atoms with van der Waals surface area (Å²) in [6, 6.07) is 0. The van der Waals surface area contributed by atoms with Gasteiger partial charge in [0.05, 0.1) is 11.7 Å². The number of Topliss-reactive ketones (excluding diaryl/α,β-unsaturated/α-hetero) is 1. The van der Waals surface area contributed by atoms with Crippen molar-refractivity contribution in [3.8, 4) is 0 Å². The fraction of sp³-hybridized carbons (Fsp3) is 0.900. The molecule has 0 aromatic carbocycles. The van der Waals surface area contributed by atoms with Crippen LogP contribution in [0, 0.1) is 45.3 Å². The molecular weight excluding hydrogens is 408 g/mol. The lowest BCUT2D eigenvalue weighted by Gasteiger charge is -2.63. The van der Waals surface area contributed by atoms with Gasteiger partial charge in [-0.05, 0) is 105 Å². The monoisotopic (exact) mass is 458 g/mol. The summed E-state index contributed by atoms with van der Waals surface area (Å²) >= 11 is 0. The van der Waals surface area contributed by atoms with Crippen molar-refractivity contribution in [2.24, 2.45) is 45.3 Å². The van der Waals surface area contributed by atoms with Gasteiger partial charge in [-0.2, -0.15) is 0 Å². The molecule has 0 bridgehead atoms. The van der Waals surface area contributed by atoms with Gasteiger partial charge in [0.25, 0.3) is 0 Å². The summed E-state index contributed by atoms with van der Waals surface area (Å²) in [7, 11) is 0. The first-order valence-corrected chi connectivity index (χ1v) is 13.7. The van der Waals surface area contributed by atoms with E-state index in [2.05, 4.69) is 47.6 Å². The van der Waals surface area contributed by atoms with Crippen molar-refractivity contribution in [3.63, 3.8) is 0 Å². The van der Waals surface area contributed by atoms with Gasteiger partial charge in [-0.1, -0.05) is 53.2 Å². The SMILES string of the molecule is C[C@@H](CC[C@H](O)C(C)(C)O)[C@@H]1CC[C@@]2(C)C3=CC[C@H]4C(C)(C)C(=O)CC[C@]4(C)[C@H]3CC[C@]12C. The summed E-state index contributed by atoms with van der Waals surface area (Å²) in [5.41, 5.74) is 1.27. The van der Waals surface area contributed by atoms with Crippen molar-refractivity contribution >= 4 is 5.78 Å². The number of aliphatic hydroxyl groups excluding tert-OH is 1. The summed E-state index contributed by atoms with van der Waals surface area (Å²) in [6.07, 6.45) is 11.5. The predicted molar refractivity (Wildman–Crippen MR) is 135 cm³/mol. The van der Waals surface area contributed by atoms with Gasteiger partial charge in [0.15, 0.2) is 0 Å². The maximum atomic E-state index is 12.8. The fourth-order valence-electron chi connectivity index (χ4n) is 9.44. The molecule has 2 N–H and O–H groups in total. The molecule has 4 aliphatic carbocycles. The molecular formula is C30H50O3. The number of carbonyl (C=O) groups is 1. The van der Waals surface area contributed by atoms with Crippen LogP contribution in [0.5, 0.6) is 0 Å². The zero-order valence-corrected chi connectivity index (χ0v) is 22.6. The van der Waals surface area contributed by atoms with Crippen LogP contribution in [0.4, 0.5) is 0 Å². The lowest BCUT2D eigenvalue weighted by molar-refractivity contribution is -0.146. The molecule has 0 aliphatic heterocycles. The molecule has 4 rings (SSSR count). The number of hydrogen-bond donors (Lipinski definition) is 2. The summed E-state index contributed by atoms with van der Waals surface area (Å²) < 4.78 is 0. The van der Waals surface area contributed by atoms with Crippen LogP contribution in [0.1, 0.15) is 113 Å². The van der Waals surface area contributed by atoms with Gasteiger partial charge in [-0.3, -0.25) is 4.79 Å². The summed E-state index contributed by atoms with van der Waals surface area (Å²) in [6.45, 7) is 17.9. The van der Waals surface area contributed by atoms with Gasteiger partial charge in [-0.25, -0.2) is 0 Å². The Morgan fingerprint density at radius 1 is 1.06 bits per heavy atom. The molecule has 188 valence electrons. The second-order valence-electron chi connectivity index (χ2n) is 14.3. The third-order valence-corrected chi connectivity index (χ3v) is 12.0. The van der Waals surface area contributed by atoms with E-state index in [1.165, 1.54) is 25.7 Å². The summed E-state index contributed by atoms with van der Waals surface area (Å²) in [5.74, 6) is 2.76. The molecule has 4 aliphatic rings. The maximum absolute atomic E-state index is 12.8. The Labute approximate surface area is 202 Å². The molecule has 8 atom stereocenters. The molecule has 0 aromatic heterocycles. The van der Waals surface area contributed by atoms with Crippen LogP contribution in [-0.2, 0) is 4.79 Å². The highest BCUT2D eigenvalue weighted by molar-refractivity contribution is 5.85. The van der Waals surface area contributed by atoms with Crippen molar-refractivity contribution < 1.29 is 15.0 Å². The molecule has 3 nitrogen and oxygen atoms in total. The Bertz CT molecular complexity index is 819. The fourth-order valence-corrected chi connectivity index (χ4v) is 9.44. The maximum Gasteiger partial charge on any atom is 0.138 e. The average molecular weight is 459 g/mol. The van der Waals surface area contributed by atoms with E-state index in [0.717, 1.165) is 25.7 Å². The molecule has 0 aromatic rings. The summed E-state index contributed by atoms with van der Waals surface area (Å²) in [5, 5.41) is 20.6. The minimum absolute atomic E-state index is 0.204. The average Bonchev–Trinajstić information content (AvgIpc) is 3.00. The Balaban J connectivity index is 1.59. The third-order valence-electron chi connectivity index (χ3n) is 12.0. The molecule has 3 fully saturated rings. The number of ketones is 1. The minimum atomic E-state index is -1.03. The lowest BCUT2D eigenvalue weighted by atomic mass is 9.41. The van der Waals surface area contributed by atoms with Crippen molar-refractivity contribution in [1.82, 2.24) is 0 Å². The Hall–Kier alpha value is -0.670. The largest absolute Gasteiger partial charge is 0.390 e. The zero-order chi connectivity index (χ0) is 24.6. The van der Waals surface area contributed by atoms with Crippen LogP contribution in [0.25, 0.3) is 0 Å². The Morgan fingerprint density at radius 3 is 2.36 bits per heavy atom. The Morgan fingerprint density at radius 2 is 1.73 bits per heavy atom. The van der Waals surface area contributed by atoms with Crippen molar-refractivity contribution in [2.75, 3.05) is 0 Å². The lowest BCUT2D eigenvalue weighted by Crippen LogP contribution is -2.57. The van der Waals surface area contributed by atoms with Crippen molar-refractivity contribution in [3.05, 3.63) is 11.6 Å². The van der Waals surface area contributed by atoms with E-state index in [1.807, 2.05) is 0 Å². The molecule has 0 saturated heterocycles. The van der Waals surface area contributed by atoms with Crippen LogP contribution in [0.3, 0.4) is 0 Å². The normalized spacial score (nSPS) is 44.4. The highest BCUT2D eigenvalue weighted by atomic mass is 16.3. The van der Waals surface area contributed by atoms with E-state index in [4.69, 9.17) is 0 Å². The molecule has 0 amide bonds. The standard InChI is InChI=1S/C30H50O3/c1-19(9-12-25(32)27(4,5)33)20-13-17-30(8)22-10-11-23-26(2,3)24(31)15-16-28(23,6)21(22)14-18-29(20,30)7/h10,19-21,23,25,32-33H,9,11-18H2,1-8H3/t19-,20-,21-,23-,25-,28+,29+,30-/m0/s1. The molecule has 33 heavy (non-hydrogen) atoms. The van der Waals surface area contributed by atoms with E-state index in [9.17, 15) is 15.0 Å². The van der Waals surface area contributed by atoms with Gasteiger partial charge in [-0.15, -0.1) is 0 Å². The van der Waals surface area contributed by atoms with Crippen LogP contribution < -0.4 is 0 Å². The number of aliphatic hydroxyl groups is 2. The second kappa shape index (κ2) is 7.92. The third kappa shape index (κ3) is 3.62. The molecule has 3 heteroatoms. The van der Waals surface area contributed by atoms with E-state index in [-0.39, 0.29) is 21.7 Å². The van der Waals surface area contributed by atoms with E-state index < -0.39 is 11.7 Å².